The topological polar surface area (TPSA) is 85.4 Å². The highest BCUT2D eigenvalue weighted by Gasteiger charge is 2.15. The van der Waals surface area contributed by atoms with Crippen LogP contribution in [0.5, 0.6) is 0 Å². The lowest BCUT2D eigenvalue weighted by molar-refractivity contribution is -0.111. The summed E-state index contributed by atoms with van der Waals surface area (Å²) in [4.78, 5) is 25.0. The van der Waals surface area contributed by atoms with Gasteiger partial charge in [0.1, 0.15) is 16.5 Å². The Morgan fingerprint density at radius 3 is 2.56 bits per heavy atom. The summed E-state index contributed by atoms with van der Waals surface area (Å²) in [5, 5.41) is 8.82. The second-order valence-electron chi connectivity index (χ2n) is 7.83. The third kappa shape index (κ3) is 5.62. The Labute approximate surface area is 202 Å². The lowest BCUT2D eigenvalue weighted by atomic mass is 10.2. The Bertz CT molecular complexity index is 1180. The van der Waals surface area contributed by atoms with Gasteiger partial charge in [0, 0.05) is 37.6 Å². The smallest absolute Gasteiger partial charge is 0.247 e. The van der Waals surface area contributed by atoms with Gasteiger partial charge in [0.2, 0.25) is 11.9 Å². The summed E-state index contributed by atoms with van der Waals surface area (Å²) in [5.74, 6) is -0.575. The van der Waals surface area contributed by atoms with Crippen molar-refractivity contribution in [2.45, 2.75) is 0 Å². The Kier molecular flexibility index (Phi) is 7.24. The molecule has 1 fully saturated rings. The molecular formula is C24H25ClFN7O. The monoisotopic (exact) mass is 481 g/mol. The van der Waals surface area contributed by atoms with Crippen molar-refractivity contribution >= 4 is 52.0 Å². The largest absolute Gasteiger partial charge is 0.369 e. The molecule has 1 aromatic heterocycles. The number of hydrogen-bond acceptors (Lipinski definition) is 7. The number of piperazine rings is 1. The van der Waals surface area contributed by atoms with Crippen LogP contribution in [0, 0.1) is 5.82 Å². The minimum absolute atomic E-state index is 0.0314. The molecule has 1 aliphatic rings. The van der Waals surface area contributed by atoms with Crippen molar-refractivity contribution in [1.29, 1.82) is 0 Å². The number of halogens is 2. The van der Waals surface area contributed by atoms with E-state index in [9.17, 15) is 9.18 Å². The van der Waals surface area contributed by atoms with Crippen LogP contribution in [0.15, 0.2) is 61.3 Å². The van der Waals surface area contributed by atoms with Gasteiger partial charge in [0.05, 0.1) is 11.9 Å². The van der Waals surface area contributed by atoms with E-state index in [0.717, 1.165) is 37.9 Å². The molecule has 0 unspecified atom stereocenters. The minimum atomic E-state index is -0.607. The van der Waals surface area contributed by atoms with E-state index in [-0.39, 0.29) is 16.5 Å². The molecule has 176 valence electrons. The Morgan fingerprint density at radius 2 is 1.85 bits per heavy atom. The van der Waals surface area contributed by atoms with Crippen LogP contribution in [-0.4, -0.2) is 54.0 Å². The average molecular weight is 482 g/mol. The molecule has 10 heteroatoms. The highest BCUT2D eigenvalue weighted by Crippen LogP contribution is 2.31. The molecule has 0 bridgehead atoms. The first-order chi connectivity index (χ1) is 16.4. The number of nitrogens with one attached hydrogen (secondary N) is 3. The molecule has 1 saturated heterocycles. The van der Waals surface area contributed by atoms with Crippen molar-refractivity contribution in [3.05, 3.63) is 72.2 Å². The van der Waals surface area contributed by atoms with Crippen molar-refractivity contribution in [1.82, 2.24) is 14.9 Å². The summed E-state index contributed by atoms with van der Waals surface area (Å²) in [5.41, 5.74) is 2.24. The molecule has 0 spiro atoms. The predicted octanol–water partition coefficient (Wildman–Crippen LogP) is 4.63. The lowest BCUT2D eigenvalue weighted by Crippen LogP contribution is -2.44. The van der Waals surface area contributed by atoms with Crippen molar-refractivity contribution < 1.29 is 9.18 Å². The molecule has 0 atom stereocenters. The molecule has 0 aliphatic carbocycles. The number of aromatic nitrogens is 2. The standard InChI is InChI=1S/C24H25ClFN7O/c1-3-21(34)30-22-19(26)5-4-6-20(22)29-23-18(25)15-27-24(31-23)28-16-7-9-17(10-8-16)33-13-11-32(2)12-14-33/h3-10,15H,1,11-14H2,2H3,(H,30,34)(H2,27,28,29,31). The van der Waals surface area contributed by atoms with Crippen LogP contribution in [0.25, 0.3) is 0 Å². The van der Waals surface area contributed by atoms with Crippen LogP contribution in [-0.2, 0) is 4.79 Å². The number of carbonyl (C=O) groups is 1. The van der Waals surface area contributed by atoms with Gasteiger partial charge in [0.15, 0.2) is 5.82 Å². The molecule has 1 amide bonds. The zero-order valence-electron chi connectivity index (χ0n) is 18.7. The molecule has 8 nitrogen and oxygen atoms in total. The molecule has 2 heterocycles. The predicted molar refractivity (Wildman–Crippen MR) is 135 cm³/mol. The van der Waals surface area contributed by atoms with Gasteiger partial charge in [-0.3, -0.25) is 4.79 Å². The highest BCUT2D eigenvalue weighted by molar-refractivity contribution is 6.33. The first-order valence-electron chi connectivity index (χ1n) is 10.7. The van der Waals surface area contributed by atoms with E-state index in [0.29, 0.717) is 11.6 Å². The van der Waals surface area contributed by atoms with Gasteiger partial charge in [-0.15, -0.1) is 0 Å². The minimum Gasteiger partial charge on any atom is -0.369 e. The van der Waals surface area contributed by atoms with Crippen LogP contribution in [0.3, 0.4) is 0 Å². The zero-order chi connectivity index (χ0) is 24.1. The van der Waals surface area contributed by atoms with Gasteiger partial charge in [-0.25, -0.2) is 9.37 Å². The quantitative estimate of drug-likeness (QED) is 0.424. The molecule has 1 aliphatic heterocycles. The van der Waals surface area contributed by atoms with Crippen molar-refractivity contribution in [3.8, 4) is 0 Å². The van der Waals surface area contributed by atoms with Gasteiger partial charge in [-0.05, 0) is 49.5 Å². The summed E-state index contributed by atoms with van der Waals surface area (Å²) in [6, 6.07) is 12.4. The van der Waals surface area contributed by atoms with Gasteiger partial charge in [-0.2, -0.15) is 4.98 Å². The average Bonchev–Trinajstić information content (AvgIpc) is 2.84. The number of nitrogens with zero attached hydrogens (tertiary/aromatic N) is 4. The van der Waals surface area contributed by atoms with Gasteiger partial charge in [-0.1, -0.05) is 24.2 Å². The van der Waals surface area contributed by atoms with Crippen molar-refractivity contribution in [2.24, 2.45) is 0 Å². The van der Waals surface area contributed by atoms with E-state index >= 15 is 0 Å². The van der Waals surface area contributed by atoms with Crippen LogP contribution >= 0.6 is 11.6 Å². The molecular weight excluding hydrogens is 457 g/mol. The van der Waals surface area contributed by atoms with Gasteiger partial charge < -0.3 is 25.8 Å². The second kappa shape index (κ2) is 10.5. The molecule has 4 rings (SSSR count). The summed E-state index contributed by atoms with van der Waals surface area (Å²) in [6.45, 7) is 7.46. The van der Waals surface area contributed by atoms with Gasteiger partial charge in [0.25, 0.3) is 0 Å². The molecule has 3 N–H and O–H groups in total. The Hall–Kier alpha value is -3.69. The number of hydrogen-bond donors (Lipinski definition) is 3. The fraction of sp³-hybridized carbons (Fsp3) is 0.208. The van der Waals surface area contributed by atoms with E-state index in [2.05, 4.69) is 61.5 Å². The summed E-state index contributed by atoms with van der Waals surface area (Å²) in [7, 11) is 2.13. The first kappa shape index (κ1) is 23.5. The number of carbonyl (C=O) groups excluding carboxylic acids is 1. The number of amides is 1. The molecule has 0 radical (unpaired) electrons. The number of benzene rings is 2. The van der Waals surface area contributed by atoms with Crippen LogP contribution in [0.2, 0.25) is 5.02 Å². The number of likely N-dealkylation sites (N-methyl/N-ethyl adjacent to an activating group) is 1. The summed E-state index contributed by atoms with van der Waals surface area (Å²) >= 11 is 6.27. The van der Waals surface area contributed by atoms with Crippen LogP contribution in [0.1, 0.15) is 0 Å². The molecule has 2 aromatic carbocycles. The van der Waals surface area contributed by atoms with Gasteiger partial charge >= 0.3 is 0 Å². The number of para-hydroxylation sites is 1. The van der Waals surface area contributed by atoms with Crippen molar-refractivity contribution in [3.63, 3.8) is 0 Å². The van der Waals surface area contributed by atoms with E-state index in [1.165, 1.54) is 24.0 Å². The highest BCUT2D eigenvalue weighted by atomic mass is 35.5. The molecule has 3 aromatic rings. The Balaban J connectivity index is 1.49. The van der Waals surface area contributed by atoms with Crippen molar-refractivity contribution in [2.75, 3.05) is 54.1 Å². The second-order valence-corrected chi connectivity index (χ2v) is 8.24. The van der Waals surface area contributed by atoms with E-state index in [1.807, 2.05) is 12.1 Å². The summed E-state index contributed by atoms with van der Waals surface area (Å²) in [6.07, 6.45) is 2.50. The molecule has 34 heavy (non-hydrogen) atoms. The van der Waals surface area contributed by atoms with E-state index in [4.69, 9.17) is 11.6 Å². The van der Waals surface area contributed by atoms with E-state index < -0.39 is 11.7 Å². The third-order valence-corrected chi connectivity index (χ3v) is 5.71. The maximum absolute atomic E-state index is 14.3. The third-order valence-electron chi connectivity index (χ3n) is 5.44. The maximum Gasteiger partial charge on any atom is 0.247 e. The normalized spacial score (nSPS) is 13.9. The van der Waals surface area contributed by atoms with Crippen LogP contribution < -0.4 is 20.9 Å². The lowest BCUT2D eigenvalue weighted by Gasteiger charge is -2.34. The first-order valence-corrected chi connectivity index (χ1v) is 11.1. The van der Waals surface area contributed by atoms with Crippen LogP contribution in [0.4, 0.5) is 38.9 Å². The summed E-state index contributed by atoms with van der Waals surface area (Å²) < 4.78 is 14.3. The maximum atomic E-state index is 14.3. The molecule has 0 saturated carbocycles. The fourth-order valence-corrected chi connectivity index (χ4v) is 3.66. The number of anilines is 6. The zero-order valence-corrected chi connectivity index (χ0v) is 19.4. The van der Waals surface area contributed by atoms with E-state index in [1.54, 1.807) is 6.07 Å². The SMILES string of the molecule is C=CC(=O)Nc1c(F)cccc1Nc1nc(Nc2ccc(N3CCN(C)CC3)cc2)ncc1Cl. The fourth-order valence-electron chi connectivity index (χ4n) is 3.52. The Morgan fingerprint density at radius 1 is 1.12 bits per heavy atom. The number of rotatable bonds is 7.